The number of nitrogens with zero attached hydrogens (tertiary/aromatic N) is 1. The average Bonchev–Trinajstić information content (AvgIpc) is 3.68. The number of carbonyl (C=O) groups is 2. The molecular weight excluding hydrogens is 694 g/mol. The number of carbonyl (C=O) groups excluding carboxylic acids is 2. The molecule has 1 heterocycles. The minimum Gasteiger partial charge on any atom is -0.346 e. The topological polar surface area (TPSA) is 86.9 Å². The highest BCUT2D eigenvalue weighted by molar-refractivity contribution is 6.09. The summed E-state index contributed by atoms with van der Waals surface area (Å²) in [6.07, 6.45) is -7.14. The first-order valence-electron chi connectivity index (χ1n) is 16.9. The largest absolute Gasteiger partial charge is 0.416 e. The van der Waals surface area contributed by atoms with Crippen molar-refractivity contribution in [1.29, 1.82) is 0 Å². The first-order valence-corrected chi connectivity index (χ1v) is 16.9. The van der Waals surface area contributed by atoms with Crippen LogP contribution in [0.4, 0.5) is 32.0 Å². The third kappa shape index (κ3) is 7.13. The van der Waals surface area contributed by atoms with Crippen LogP contribution in [0.5, 0.6) is 0 Å². The van der Waals surface area contributed by atoms with E-state index in [9.17, 15) is 35.9 Å². The van der Waals surface area contributed by atoms with E-state index < -0.39 is 41.7 Å². The lowest BCUT2D eigenvalue weighted by Gasteiger charge is -2.31. The molecule has 0 bridgehead atoms. The third-order valence-electron chi connectivity index (χ3n) is 9.60. The number of amides is 2. The fourth-order valence-corrected chi connectivity index (χ4v) is 7.20. The van der Waals surface area contributed by atoms with E-state index in [0.717, 1.165) is 23.3 Å². The fraction of sp³-hybridized carbons (Fsp3) is 0.195. The van der Waals surface area contributed by atoms with E-state index in [4.69, 9.17) is 0 Å². The number of unbranched alkanes of at least 4 members (excludes halogenated alkanes) is 1. The van der Waals surface area contributed by atoms with Gasteiger partial charge in [0, 0.05) is 17.7 Å². The number of benzene rings is 5. The van der Waals surface area contributed by atoms with Gasteiger partial charge in [0.2, 0.25) is 5.91 Å². The second-order valence-electron chi connectivity index (χ2n) is 13.0. The fourth-order valence-electron chi connectivity index (χ4n) is 7.20. The van der Waals surface area contributed by atoms with Crippen molar-refractivity contribution in [3.63, 3.8) is 0 Å². The molecule has 0 atom stereocenters. The molecule has 1 aliphatic rings. The summed E-state index contributed by atoms with van der Waals surface area (Å²) in [7, 11) is 0. The van der Waals surface area contributed by atoms with E-state index >= 15 is 0 Å². The van der Waals surface area contributed by atoms with Crippen molar-refractivity contribution in [2.45, 2.75) is 43.5 Å². The molecule has 6 nitrogen and oxygen atoms in total. The van der Waals surface area contributed by atoms with Gasteiger partial charge in [-0.05, 0) is 82.6 Å². The molecule has 0 saturated heterocycles. The number of hydrogen-bond acceptors (Lipinski definition) is 3. The molecule has 5 aromatic carbocycles. The molecule has 0 unspecified atom stereocenters. The normalized spacial score (nSPS) is 13.4. The van der Waals surface area contributed by atoms with Crippen LogP contribution in [0.15, 0.2) is 115 Å². The number of hydrogen-bond donors (Lipinski definition) is 3. The molecule has 1 aromatic heterocycles. The van der Waals surface area contributed by atoms with Crippen LogP contribution in [-0.2, 0) is 22.8 Å². The zero-order valence-corrected chi connectivity index (χ0v) is 28.0. The van der Waals surface area contributed by atoms with Crippen LogP contribution in [0.1, 0.15) is 52.1 Å². The highest BCUT2D eigenvalue weighted by atomic mass is 19.4. The van der Waals surface area contributed by atoms with E-state index in [1.165, 1.54) is 12.1 Å². The highest BCUT2D eigenvalue weighted by Crippen LogP contribution is 2.51. The summed E-state index contributed by atoms with van der Waals surface area (Å²) >= 11 is 0. The minimum absolute atomic E-state index is 0.287. The van der Waals surface area contributed by atoms with Gasteiger partial charge in [0.05, 0.1) is 16.6 Å². The first-order chi connectivity index (χ1) is 25.3. The number of H-pyrrole nitrogens is 1. The summed E-state index contributed by atoms with van der Waals surface area (Å²) in [4.78, 5) is 35.1. The van der Waals surface area contributed by atoms with Gasteiger partial charge in [0.1, 0.15) is 17.8 Å². The summed E-state index contributed by atoms with van der Waals surface area (Å²) in [5.41, 5.74) is 3.98. The van der Waals surface area contributed by atoms with Gasteiger partial charge in [-0.25, -0.2) is 4.98 Å². The smallest absolute Gasteiger partial charge is 0.346 e. The molecule has 0 radical (unpaired) electrons. The van der Waals surface area contributed by atoms with Gasteiger partial charge in [-0.1, -0.05) is 85.3 Å². The second-order valence-corrected chi connectivity index (χ2v) is 13.0. The van der Waals surface area contributed by atoms with E-state index in [1.54, 1.807) is 54.6 Å². The standard InChI is InChI=1S/C41H32F6N4O2/c42-40(43,44)24-48-38(53)39(32-13-5-3-10-29(32)30-11-4-6-14-33(30)39)22-8-7-15-36-50-34-21-20-27(23-35(34)51-36)49-37(52)31-12-2-1-9-28(31)25-16-18-26(19-17-25)41(45,46)47/h1-6,9-14,16-21,23H,7-8,15,22,24H2,(H,48,53)(H,49,52)(H,50,51). The Bertz CT molecular complexity index is 2270. The van der Waals surface area contributed by atoms with E-state index in [0.29, 0.717) is 64.1 Å². The van der Waals surface area contributed by atoms with Crippen LogP contribution in [0, 0.1) is 0 Å². The number of fused-ring (bicyclic) bond motifs is 4. The molecule has 1 aliphatic carbocycles. The quantitative estimate of drug-likeness (QED) is 0.0971. The lowest BCUT2D eigenvalue weighted by atomic mass is 9.73. The molecule has 0 spiro atoms. The molecular formula is C41H32F6N4O2. The number of imidazole rings is 1. The maximum Gasteiger partial charge on any atom is 0.416 e. The Balaban J connectivity index is 1.05. The predicted octanol–water partition coefficient (Wildman–Crippen LogP) is 9.86. The van der Waals surface area contributed by atoms with Gasteiger partial charge in [-0.2, -0.15) is 26.3 Å². The van der Waals surface area contributed by atoms with Crippen LogP contribution >= 0.6 is 0 Å². The van der Waals surface area contributed by atoms with E-state index in [-0.39, 0.29) is 12.0 Å². The molecule has 12 heteroatoms. The predicted molar refractivity (Wildman–Crippen MR) is 190 cm³/mol. The number of nitrogens with one attached hydrogen (secondary N) is 3. The number of rotatable bonds is 10. The average molecular weight is 727 g/mol. The molecule has 0 saturated carbocycles. The van der Waals surface area contributed by atoms with Crippen molar-refractivity contribution in [3.05, 3.63) is 143 Å². The first kappa shape index (κ1) is 35.5. The number of aromatic nitrogens is 2. The Labute approximate surface area is 300 Å². The molecule has 0 fully saturated rings. The van der Waals surface area contributed by atoms with Crippen LogP contribution in [-0.4, -0.2) is 34.5 Å². The van der Waals surface area contributed by atoms with Crippen LogP contribution in [0.3, 0.4) is 0 Å². The van der Waals surface area contributed by atoms with Crippen LogP contribution in [0.2, 0.25) is 0 Å². The zero-order valence-electron chi connectivity index (χ0n) is 28.0. The molecule has 3 N–H and O–H groups in total. The van der Waals surface area contributed by atoms with Gasteiger partial charge < -0.3 is 15.6 Å². The Morgan fingerprint density at radius 1 is 0.717 bits per heavy atom. The van der Waals surface area contributed by atoms with Crippen molar-refractivity contribution >= 4 is 28.5 Å². The van der Waals surface area contributed by atoms with E-state index in [1.807, 2.05) is 36.4 Å². The number of aromatic amines is 1. The Hall–Kier alpha value is -5.91. The molecule has 6 aromatic rings. The Kier molecular flexibility index (Phi) is 9.31. The van der Waals surface area contributed by atoms with Gasteiger partial charge in [-0.15, -0.1) is 0 Å². The van der Waals surface area contributed by atoms with Crippen molar-refractivity contribution < 1.29 is 35.9 Å². The Morgan fingerprint density at radius 2 is 1.34 bits per heavy atom. The zero-order chi connectivity index (χ0) is 37.4. The van der Waals surface area contributed by atoms with Gasteiger partial charge in [0.25, 0.3) is 5.91 Å². The maximum atomic E-state index is 13.8. The van der Waals surface area contributed by atoms with Gasteiger partial charge in [0.15, 0.2) is 0 Å². The number of alkyl halides is 6. The molecule has 7 rings (SSSR count). The van der Waals surface area contributed by atoms with Crippen molar-refractivity contribution in [1.82, 2.24) is 15.3 Å². The SMILES string of the molecule is O=C(Nc1ccc2nc(CCCCC3(C(=O)NCC(F)(F)F)c4ccccc4-c4ccccc43)[nH]c2c1)c1ccccc1-c1ccc(C(F)(F)F)cc1. The molecule has 0 aliphatic heterocycles. The van der Waals surface area contributed by atoms with Crippen molar-refractivity contribution in [3.8, 4) is 22.3 Å². The highest BCUT2D eigenvalue weighted by Gasteiger charge is 2.49. The number of anilines is 1. The number of aryl methyl sites for hydroxylation is 1. The van der Waals surface area contributed by atoms with Crippen molar-refractivity contribution in [2.24, 2.45) is 0 Å². The number of halogens is 6. The van der Waals surface area contributed by atoms with Crippen LogP contribution < -0.4 is 10.6 Å². The summed E-state index contributed by atoms with van der Waals surface area (Å²) in [6.45, 7) is -1.43. The van der Waals surface area contributed by atoms with Gasteiger partial charge >= 0.3 is 12.4 Å². The third-order valence-corrected chi connectivity index (χ3v) is 9.60. The second kappa shape index (κ2) is 13.9. The Morgan fingerprint density at radius 3 is 1.98 bits per heavy atom. The summed E-state index contributed by atoms with van der Waals surface area (Å²) in [5, 5.41) is 5.03. The summed E-state index contributed by atoms with van der Waals surface area (Å²) in [5.74, 6) is -0.464. The summed E-state index contributed by atoms with van der Waals surface area (Å²) in [6, 6.07) is 31.1. The lowest BCUT2D eigenvalue weighted by Crippen LogP contribution is -2.47. The summed E-state index contributed by atoms with van der Waals surface area (Å²) < 4.78 is 78.9. The maximum absolute atomic E-state index is 13.8. The molecule has 2 amide bonds. The van der Waals surface area contributed by atoms with Crippen LogP contribution in [0.25, 0.3) is 33.3 Å². The monoisotopic (exact) mass is 726 g/mol. The minimum atomic E-state index is -4.56. The van der Waals surface area contributed by atoms with E-state index in [2.05, 4.69) is 20.6 Å². The lowest BCUT2D eigenvalue weighted by molar-refractivity contribution is -0.141. The van der Waals surface area contributed by atoms with Crippen molar-refractivity contribution in [2.75, 3.05) is 11.9 Å². The van der Waals surface area contributed by atoms with Gasteiger partial charge in [-0.3, -0.25) is 9.59 Å². The molecule has 270 valence electrons. The molecule has 53 heavy (non-hydrogen) atoms.